The molecule has 0 bridgehead atoms. The summed E-state index contributed by atoms with van der Waals surface area (Å²) >= 11 is 3.38. The van der Waals surface area contributed by atoms with Crippen molar-refractivity contribution in [2.75, 3.05) is 5.32 Å². The molecule has 0 saturated heterocycles. The Balaban J connectivity index is 1.66. The molecule has 1 amide bonds. The van der Waals surface area contributed by atoms with Gasteiger partial charge in [-0.2, -0.15) is 5.26 Å². The Morgan fingerprint density at radius 2 is 1.84 bits per heavy atom. The lowest BCUT2D eigenvalue weighted by molar-refractivity contribution is -0.384. The molecule has 160 valence electrons. The van der Waals surface area contributed by atoms with Gasteiger partial charge >= 0.3 is 0 Å². The van der Waals surface area contributed by atoms with Gasteiger partial charge in [0.15, 0.2) is 0 Å². The largest absolute Gasteiger partial charge is 0.506 e. The van der Waals surface area contributed by atoms with Crippen LogP contribution in [-0.4, -0.2) is 15.9 Å². The van der Waals surface area contributed by atoms with Crippen LogP contribution in [0.2, 0.25) is 0 Å². The average Bonchev–Trinajstić information content (AvgIpc) is 2.79. The summed E-state index contributed by atoms with van der Waals surface area (Å²) in [5.41, 5.74) is 1.04. The molecule has 9 heteroatoms. The first-order valence-corrected chi connectivity index (χ1v) is 10.0. The number of nitrogens with one attached hydrogen (secondary N) is 1. The van der Waals surface area contributed by atoms with Crippen molar-refractivity contribution in [1.82, 2.24) is 0 Å². The number of phenols is 1. The third-order valence-electron chi connectivity index (χ3n) is 4.32. The van der Waals surface area contributed by atoms with Crippen LogP contribution in [0.1, 0.15) is 11.1 Å². The van der Waals surface area contributed by atoms with E-state index in [-0.39, 0.29) is 16.9 Å². The topological polar surface area (TPSA) is 125 Å². The maximum absolute atomic E-state index is 12.4. The van der Waals surface area contributed by atoms with Crippen LogP contribution in [0.5, 0.6) is 11.5 Å². The van der Waals surface area contributed by atoms with E-state index in [0.717, 1.165) is 22.2 Å². The fraction of sp³-hybridized carbons (Fsp3) is 0.0435. The monoisotopic (exact) mass is 493 g/mol. The number of carbonyl (C=O) groups is 1. The van der Waals surface area contributed by atoms with Gasteiger partial charge in [-0.3, -0.25) is 14.9 Å². The Morgan fingerprint density at radius 3 is 2.44 bits per heavy atom. The summed E-state index contributed by atoms with van der Waals surface area (Å²) in [6.45, 7) is 0.396. The van der Waals surface area contributed by atoms with Gasteiger partial charge < -0.3 is 15.2 Å². The quantitative estimate of drug-likeness (QED) is 0.153. The van der Waals surface area contributed by atoms with Gasteiger partial charge in [0.2, 0.25) is 0 Å². The van der Waals surface area contributed by atoms with Gasteiger partial charge in [-0.25, -0.2) is 0 Å². The van der Waals surface area contributed by atoms with E-state index in [2.05, 4.69) is 21.2 Å². The average molecular weight is 494 g/mol. The van der Waals surface area contributed by atoms with Crippen LogP contribution in [0.3, 0.4) is 0 Å². The molecule has 2 N–H and O–H groups in total. The third-order valence-corrected chi connectivity index (χ3v) is 4.84. The molecule has 0 saturated carbocycles. The molecule has 3 aromatic carbocycles. The minimum absolute atomic E-state index is 0.0431. The van der Waals surface area contributed by atoms with E-state index in [9.17, 15) is 25.3 Å². The van der Waals surface area contributed by atoms with Crippen LogP contribution >= 0.6 is 15.9 Å². The van der Waals surface area contributed by atoms with E-state index < -0.39 is 16.6 Å². The molecule has 0 aliphatic heterocycles. The third kappa shape index (κ3) is 5.93. The standard InChI is InChI=1S/C23H16BrN3O5/c24-18-5-1-16(2-6-18)14-32-20-8-3-15(4-9-20)11-17(13-25)23(29)26-21-10-7-19(27(30)31)12-22(21)28/h1-12,28H,14H2,(H,26,29)/b17-11-. The van der Waals surface area contributed by atoms with Crippen LogP contribution in [0.25, 0.3) is 6.08 Å². The lowest BCUT2D eigenvalue weighted by Gasteiger charge is -2.08. The molecule has 3 aromatic rings. The van der Waals surface area contributed by atoms with Gasteiger partial charge in [-0.1, -0.05) is 40.2 Å². The normalized spacial score (nSPS) is 10.8. The summed E-state index contributed by atoms with van der Waals surface area (Å²) in [6.07, 6.45) is 1.39. The number of halogens is 1. The molecule has 3 rings (SSSR count). The zero-order valence-electron chi connectivity index (χ0n) is 16.5. The Kier molecular flexibility index (Phi) is 7.21. The van der Waals surface area contributed by atoms with Crippen molar-refractivity contribution in [3.05, 3.63) is 98.0 Å². The molecular formula is C23H16BrN3O5. The van der Waals surface area contributed by atoms with E-state index in [1.165, 1.54) is 12.1 Å². The number of benzene rings is 3. The van der Waals surface area contributed by atoms with E-state index in [1.807, 2.05) is 30.3 Å². The number of nitro benzene ring substituents is 1. The van der Waals surface area contributed by atoms with Crippen LogP contribution in [-0.2, 0) is 11.4 Å². The highest BCUT2D eigenvalue weighted by molar-refractivity contribution is 9.10. The van der Waals surface area contributed by atoms with E-state index in [0.29, 0.717) is 17.9 Å². The fourth-order valence-electron chi connectivity index (χ4n) is 2.65. The number of nitro groups is 1. The van der Waals surface area contributed by atoms with Crippen LogP contribution in [0.15, 0.2) is 76.8 Å². The summed E-state index contributed by atoms with van der Waals surface area (Å²) in [5.74, 6) is -0.604. The van der Waals surface area contributed by atoms with E-state index >= 15 is 0 Å². The number of nitriles is 1. The van der Waals surface area contributed by atoms with Crippen molar-refractivity contribution in [3.8, 4) is 17.6 Å². The highest BCUT2D eigenvalue weighted by atomic mass is 79.9. The zero-order chi connectivity index (χ0) is 23.1. The molecule has 0 unspecified atom stereocenters. The van der Waals surface area contributed by atoms with Crippen molar-refractivity contribution in [2.24, 2.45) is 0 Å². The number of nitrogens with zero attached hydrogens (tertiary/aromatic N) is 2. The number of phenolic OH excluding ortho intramolecular Hbond substituents is 1. The Morgan fingerprint density at radius 1 is 1.16 bits per heavy atom. The number of rotatable bonds is 7. The van der Waals surface area contributed by atoms with Crippen molar-refractivity contribution in [1.29, 1.82) is 5.26 Å². The summed E-state index contributed by atoms with van der Waals surface area (Å²) in [7, 11) is 0. The minimum Gasteiger partial charge on any atom is -0.506 e. The molecule has 0 spiro atoms. The van der Waals surface area contributed by atoms with Crippen LogP contribution in [0, 0.1) is 21.4 Å². The Bertz CT molecular complexity index is 1220. The predicted molar refractivity (Wildman–Crippen MR) is 122 cm³/mol. The number of amides is 1. The number of anilines is 1. The maximum atomic E-state index is 12.4. The molecule has 0 aliphatic rings. The van der Waals surface area contributed by atoms with Crippen molar-refractivity contribution >= 4 is 39.3 Å². The summed E-state index contributed by atoms with van der Waals surface area (Å²) in [4.78, 5) is 22.5. The Labute approximate surface area is 191 Å². The SMILES string of the molecule is N#C/C(=C/c1ccc(OCc2ccc(Br)cc2)cc1)C(=O)Nc1ccc([N+](=O)[O-])cc1O. The zero-order valence-corrected chi connectivity index (χ0v) is 18.1. The van der Waals surface area contributed by atoms with Crippen molar-refractivity contribution < 1.29 is 19.6 Å². The lowest BCUT2D eigenvalue weighted by atomic mass is 10.1. The van der Waals surface area contributed by atoms with E-state index in [1.54, 1.807) is 24.3 Å². The first-order valence-electron chi connectivity index (χ1n) is 9.23. The molecular weight excluding hydrogens is 478 g/mol. The summed E-state index contributed by atoms with van der Waals surface area (Å²) in [6, 6.07) is 19.6. The predicted octanol–water partition coefficient (Wildman–Crippen LogP) is 5.19. The highest BCUT2D eigenvalue weighted by Gasteiger charge is 2.15. The van der Waals surface area contributed by atoms with Gasteiger partial charge in [-0.05, 0) is 47.5 Å². The first kappa shape index (κ1) is 22.5. The maximum Gasteiger partial charge on any atom is 0.273 e. The molecule has 0 fully saturated rings. The molecule has 0 aliphatic carbocycles. The highest BCUT2D eigenvalue weighted by Crippen LogP contribution is 2.28. The van der Waals surface area contributed by atoms with Crippen molar-refractivity contribution in [3.63, 3.8) is 0 Å². The van der Waals surface area contributed by atoms with Crippen molar-refractivity contribution in [2.45, 2.75) is 6.61 Å². The number of aromatic hydroxyl groups is 1. The summed E-state index contributed by atoms with van der Waals surface area (Å²) < 4.78 is 6.71. The molecule has 32 heavy (non-hydrogen) atoms. The minimum atomic E-state index is -0.757. The molecule has 0 heterocycles. The number of hydrogen-bond donors (Lipinski definition) is 2. The van der Waals surface area contributed by atoms with Gasteiger partial charge in [0, 0.05) is 10.5 Å². The van der Waals surface area contributed by atoms with Gasteiger partial charge in [0.1, 0.15) is 29.7 Å². The number of hydrogen-bond acceptors (Lipinski definition) is 6. The number of carbonyl (C=O) groups excluding carboxylic acids is 1. The van der Waals surface area contributed by atoms with Gasteiger partial charge in [0.05, 0.1) is 16.7 Å². The lowest BCUT2D eigenvalue weighted by Crippen LogP contribution is -2.13. The molecule has 8 nitrogen and oxygen atoms in total. The second-order valence-corrected chi connectivity index (χ2v) is 7.48. The second kappa shape index (κ2) is 10.2. The fourth-order valence-corrected chi connectivity index (χ4v) is 2.92. The van der Waals surface area contributed by atoms with Gasteiger partial charge in [0.25, 0.3) is 11.6 Å². The first-order chi connectivity index (χ1) is 15.4. The smallest absolute Gasteiger partial charge is 0.273 e. The number of ether oxygens (including phenoxy) is 1. The molecule has 0 atom stereocenters. The second-order valence-electron chi connectivity index (χ2n) is 6.57. The van der Waals surface area contributed by atoms with Crippen LogP contribution < -0.4 is 10.1 Å². The molecule has 0 radical (unpaired) electrons. The Hall–Kier alpha value is -4.16. The van der Waals surface area contributed by atoms with Crippen LogP contribution in [0.4, 0.5) is 11.4 Å². The number of non-ortho nitro benzene ring substituents is 1. The molecule has 0 aromatic heterocycles. The summed E-state index contributed by atoms with van der Waals surface area (Å²) in [5, 5.41) is 32.3. The van der Waals surface area contributed by atoms with E-state index in [4.69, 9.17) is 4.74 Å². The van der Waals surface area contributed by atoms with Gasteiger partial charge in [-0.15, -0.1) is 0 Å².